The summed E-state index contributed by atoms with van der Waals surface area (Å²) in [6.45, 7) is 1.99. The molecule has 0 bridgehead atoms. The van der Waals surface area contributed by atoms with Gasteiger partial charge in [0.05, 0.1) is 12.1 Å². The first-order valence-corrected chi connectivity index (χ1v) is 7.78. The molecule has 1 heterocycles. The summed E-state index contributed by atoms with van der Waals surface area (Å²) in [6.07, 6.45) is 0. The Morgan fingerprint density at radius 3 is 2.82 bits per heavy atom. The molecule has 6 nitrogen and oxygen atoms in total. The van der Waals surface area contributed by atoms with Gasteiger partial charge in [-0.3, -0.25) is 4.79 Å². The lowest BCUT2D eigenvalue weighted by atomic mass is 10.3. The minimum absolute atomic E-state index is 0.237. The van der Waals surface area contributed by atoms with E-state index in [1.54, 1.807) is 23.6 Å². The highest BCUT2D eigenvalue weighted by Crippen LogP contribution is 2.25. The molecular weight excluding hydrogens is 326 g/mol. The van der Waals surface area contributed by atoms with Crippen LogP contribution in [0, 0.1) is 0 Å². The summed E-state index contributed by atoms with van der Waals surface area (Å²) in [7, 11) is 3.18. The topological polar surface area (TPSA) is 66.2 Å². The normalized spacial score (nSPS) is 12.0. The largest absolute Gasteiger partial charge is 0.484 e. The predicted octanol–water partition coefficient (Wildman–Crippen LogP) is 2.70. The van der Waals surface area contributed by atoms with Crippen LogP contribution in [0.2, 0.25) is 5.02 Å². The predicted molar refractivity (Wildman–Crippen MR) is 84.1 cm³/mol. The van der Waals surface area contributed by atoms with Crippen LogP contribution in [0.3, 0.4) is 0 Å². The monoisotopic (exact) mass is 341 g/mol. The average Bonchev–Trinajstić information content (AvgIpc) is 2.86. The second-order valence-electron chi connectivity index (χ2n) is 4.46. The second kappa shape index (κ2) is 7.51. The van der Waals surface area contributed by atoms with Crippen LogP contribution in [0.1, 0.15) is 12.7 Å². The molecule has 0 saturated heterocycles. The summed E-state index contributed by atoms with van der Waals surface area (Å²) in [6, 6.07) is 7.22. The quantitative estimate of drug-likeness (QED) is 0.594. The van der Waals surface area contributed by atoms with E-state index in [0.717, 1.165) is 0 Å². The van der Waals surface area contributed by atoms with Crippen molar-refractivity contribution in [3.05, 3.63) is 35.1 Å². The van der Waals surface area contributed by atoms with Gasteiger partial charge in [-0.1, -0.05) is 35.5 Å². The summed E-state index contributed by atoms with van der Waals surface area (Å²) in [5.41, 5.74) is 0. The molecule has 8 heteroatoms. The molecule has 0 radical (unpaired) electrons. The molecule has 2 aromatic rings. The van der Waals surface area contributed by atoms with Crippen molar-refractivity contribution < 1.29 is 14.3 Å². The number of para-hydroxylation sites is 1. The number of rotatable bonds is 6. The van der Waals surface area contributed by atoms with Crippen molar-refractivity contribution in [2.45, 2.75) is 23.9 Å². The van der Waals surface area contributed by atoms with Gasteiger partial charge in [-0.2, -0.15) is 0 Å². The molecule has 0 fully saturated rings. The van der Waals surface area contributed by atoms with Gasteiger partial charge in [0.15, 0.2) is 11.0 Å². The highest BCUT2D eigenvalue weighted by Gasteiger charge is 2.19. The lowest BCUT2D eigenvalue weighted by Crippen LogP contribution is -2.15. The third-order valence-electron chi connectivity index (χ3n) is 2.93. The van der Waals surface area contributed by atoms with Crippen LogP contribution in [0.5, 0.6) is 5.75 Å². The first-order chi connectivity index (χ1) is 10.5. The number of carbonyl (C=O) groups excluding carboxylic acids is 1. The smallest absolute Gasteiger partial charge is 0.318 e. The number of esters is 1. The highest BCUT2D eigenvalue weighted by atomic mass is 35.5. The van der Waals surface area contributed by atoms with E-state index in [9.17, 15) is 4.79 Å². The van der Waals surface area contributed by atoms with Crippen LogP contribution in [0.25, 0.3) is 0 Å². The number of hydrogen-bond acceptors (Lipinski definition) is 6. The number of aromatic nitrogens is 3. The highest BCUT2D eigenvalue weighted by molar-refractivity contribution is 8.00. The van der Waals surface area contributed by atoms with E-state index >= 15 is 0 Å². The van der Waals surface area contributed by atoms with E-state index < -0.39 is 0 Å². The van der Waals surface area contributed by atoms with Gasteiger partial charge in [0.2, 0.25) is 0 Å². The number of methoxy groups -OCH3 is 1. The van der Waals surface area contributed by atoms with Gasteiger partial charge in [0, 0.05) is 7.05 Å². The molecule has 118 valence electrons. The molecule has 0 aliphatic rings. The SMILES string of the molecule is COC(=O)C(C)Sc1nnc(COc2ccccc2Cl)n1C. The zero-order chi connectivity index (χ0) is 16.1. The number of thioether (sulfide) groups is 1. The molecule has 0 N–H and O–H groups in total. The maximum absolute atomic E-state index is 11.4. The van der Waals surface area contributed by atoms with E-state index in [1.165, 1.54) is 18.9 Å². The number of carbonyl (C=O) groups is 1. The Morgan fingerprint density at radius 1 is 1.41 bits per heavy atom. The Kier molecular flexibility index (Phi) is 5.68. The fraction of sp³-hybridized carbons (Fsp3) is 0.357. The molecule has 0 spiro atoms. The molecule has 0 amide bonds. The van der Waals surface area contributed by atoms with E-state index in [1.807, 2.05) is 19.2 Å². The zero-order valence-electron chi connectivity index (χ0n) is 12.4. The fourth-order valence-corrected chi connectivity index (χ4v) is 2.70. The number of nitrogens with zero attached hydrogens (tertiary/aromatic N) is 3. The van der Waals surface area contributed by atoms with Gasteiger partial charge >= 0.3 is 5.97 Å². The van der Waals surface area contributed by atoms with Crippen molar-refractivity contribution in [3.63, 3.8) is 0 Å². The molecule has 0 aliphatic carbocycles. The second-order valence-corrected chi connectivity index (χ2v) is 6.18. The van der Waals surface area contributed by atoms with Crippen molar-refractivity contribution in [1.29, 1.82) is 0 Å². The van der Waals surface area contributed by atoms with Gasteiger partial charge in [0.25, 0.3) is 0 Å². The Morgan fingerprint density at radius 2 is 2.14 bits per heavy atom. The molecule has 1 unspecified atom stereocenters. The third-order valence-corrected chi connectivity index (χ3v) is 4.36. The number of ether oxygens (including phenoxy) is 2. The Bertz CT molecular complexity index is 663. The molecule has 1 aromatic carbocycles. The van der Waals surface area contributed by atoms with Gasteiger partial charge in [0.1, 0.15) is 17.6 Å². The maximum atomic E-state index is 11.4. The summed E-state index contributed by atoms with van der Waals surface area (Å²) in [5.74, 6) is 0.922. The van der Waals surface area contributed by atoms with Crippen molar-refractivity contribution in [2.75, 3.05) is 7.11 Å². The fourth-order valence-electron chi connectivity index (χ4n) is 1.65. The lowest BCUT2D eigenvalue weighted by Gasteiger charge is -2.09. The summed E-state index contributed by atoms with van der Waals surface area (Å²) < 4.78 is 12.1. The van der Waals surface area contributed by atoms with E-state index in [0.29, 0.717) is 21.8 Å². The number of hydrogen-bond donors (Lipinski definition) is 0. The summed E-state index contributed by atoms with van der Waals surface area (Å²) in [4.78, 5) is 11.4. The van der Waals surface area contributed by atoms with Crippen molar-refractivity contribution in [3.8, 4) is 5.75 Å². The molecule has 22 heavy (non-hydrogen) atoms. The van der Waals surface area contributed by atoms with E-state index in [-0.39, 0.29) is 17.8 Å². The Balaban J connectivity index is 2.02. The van der Waals surface area contributed by atoms with Crippen molar-refractivity contribution in [1.82, 2.24) is 14.8 Å². The minimum atomic E-state index is -0.356. The van der Waals surface area contributed by atoms with Crippen LogP contribution in [-0.4, -0.2) is 33.1 Å². The molecular formula is C14H16ClN3O3S. The van der Waals surface area contributed by atoms with Crippen LogP contribution >= 0.6 is 23.4 Å². The Hall–Kier alpha value is -1.73. The summed E-state index contributed by atoms with van der Waals surface area (Å²) in [5, 5.41) is 8.94. The third kappa shape index (κ3) is 3.92. The molecule has 0 aliphatic heterocycles. The average molecular weight is 342 g/mol. The number of benzene rings is 1. The first kappa shape index (κ1) is 16.6. The van der Waals surface area contributed by atoms with Crippen LogP contribution in [0.15, 0.2) is 29.4 Å². The molecule has 1 aromatic heterocycles. The van der Waals surface area contributed by atoms with Crippen LogP contribution < -0.4 is 4.74 Å². The first-order valence-electron chi connectivity index (χ1n) is 6.53. The Labute approximate surface area is 137 Å². The molecule has 0 saturated carbocycles. The lowest BCUT2D eigenvalue weighted by molar-refractivity contribution is -0.139. The molecule has 2 rings (SSSR count). The standard InChI is InChI=1S/C14H16ClN3O3S/c1-9(13(19)20-3)22-14-17-16-12(18(14)2)8-21-11-7-5-4-6-10(11)15/h4-7,9H,8H2,1-3H3. The van der Waals surface area contributed by atoms with E-state index in [4.69, 9.17) is 21.1 Å². The van der Waals surface area contributed by atoms with Crippen molar-refractivity contribution >= 4 is 29.3 Å². The van der Waals surface area contributed by atoms with Gasteiger partial charge in [-0.25, -0.2) is 0 Å². The van der Waals surface area contributed by atoms with E-state index in [2.05, 4.69) is 10.2 Å². The summed E-state index contributed by atoms with van der Waals surface area (Å²) >= 11 is 7.31. The van der Waals surface area contributed by atoms with Gasteiger partial charge < -0.3 is 14.0 Å². The van der Waals surface area contributed by atoms with Gasteiger partial charge in [-0.05, 0) is 19.1 Å². The maximum Gasteiger partial charge on any atom is 0.318 e. The van der Waals surface area contributed by atoms with Gasteiger partial charge in [-0.15, -0.1) is 10.2 Å². The number of halogens is 1. The van der Waals surface area contributed by atoms with Crippen LogP contribution in [-0.2, 0) is 23.2 Å². The zero-order valence-corrected chi connectivity index (χ0v) is 14.0. The minimum Gasteiger partial charge on any atom is -0.484 e. The van der Waals surface area contributed by atoms with Crippen molar-refractivity contribution in [2.24, 2.45) is 7.05 Å². The van der Waals surface area contributed by atoms with Crippen LogP contribution in [0.4, 0.5) is 0 Å². The molecule has 1 atom stereocenters.